The molecule has 1 aromatic heterocycles. The summed E-state index contributed by atoms with van der Waals surface area (Å²) in [6, 6.07) is 8.12. The molecule has 25 heavy (non-hydrogen) atoms. The van der Waals surface area contributed by atoms with Gasteiger partial charge in [0.05, 0.1) is 12.2 Å². The van der Waals surface area contributed by atoms with Crippen LogP contribution in [0.2, 0.25) is 0 Å². The van der Waals surface area contributed by atoms with Gasteiger partial charge in [0, 0.05) is 35.7 Å². The Morgan fingerprint density at radius 2 is 2.16 bits per heavy atom. The van der Waals surface area contributed by atoms with Gasteiger partial charge in [-0.15, -0.1) is 0 Å². The Kier molecular flexibility index (Phi) is 3.46. The zero-order valence-corrected chi connectivity index (χ0v) is 15.2. The Hall–Kier alpha value is -2.30. The number of amides is 1. The Balaban J connectivity index is 1.55. The van der Waals surface area contributed by atoms with E-state index in [1.54, 1.807) is 10.9 Å². The summed E-state index contributed by atoms with van der Waals surface area (Å²) >= 11 is 0. The molecule has 5 nitrogen and oxygen atoms in total. The molecule has 2 aliphatic rings. The zero-order valence-electron chi connectivity index (χ0n) is 15.2. The molecule has 1 aliphatic heterocycles. The van der Waals surface area contributed by atoms with E-state index in [1.807, 2.05) is 38.4 Å². The van der Waals surface area contributed by atoms with Crippen LogP contribution in [0, 0.1) is 5.92 Å². The van der Waals surface area contributed by atoms with Gasteiger partial charge >= 0.3 is 0 Å². The second-order valence-electron chi connectivity index (χ2n) is 8.13. The first kappa shape index (κ1) is 16.2. The van der Waals surface area contributed by atoms with Crippen LogP contribution in [-0.2, 0) is 17.3 Å². The third-order valence-electron chi connectivity index (χ3n) is 5.53. The van der Waals surface area contributed by atoms with Gasteiger partial charge in [-0.25, -0.2) is 0 Å². The fourth-order valence-corrected chi connectivity index (χ4v) is 4.36. The number of para-hydroxylation sites is 1. The topological polar surface area (TPSA) is 56.1 Å². The molecule has 1 saturated carbocycles. The van der Waals surface area contributed by atoms with E-state index in [2.05, 4.69) is 30.3 Å². The maximum absolute atomic E-state index is 12.9. The number of rotatable bonds is 3. The van der Waals surface area contributed by atoms with E-state index in [9.17, 15) is 4.79 Å². The molecule has 5 heteroatoms. The number of carbonyl (C=O) groups is 1. The Morgan fingerprint density at radius 1 is 1.40 bits per heavy atom. The number of benzene rings is 1. The van der Waals surface area contributed by atoms with E-state index in [0.29, 0.717) is 0 Å². The summed E-state index contributed by atoms with van der Waals surface area (Å²) in [5.41, 5.74) is 1.87. The molecule has 1 aromatic carbocycles. The van der Waals surface area contributed by atoms with Crippen LogP contribution in [-0.4, -0.2) is 21.3 Å². The fourth-order valence-electron chi connectivity index (χ4n) is 4.36. The monoisotopic (exact) mass is 339 g/mol. The summed E-state index contributed by atoms with van der Waals surface area (Å²) in [5.74, 6) is 1.06. The lowest BCUT2D eigenvalue weighted by Gasteiger charge is -2.38. The number of fused-ring (bicyclic) bond motifs is 2. The number of aryl methyl sites for hydroxylation is 1. The zero-order chi connectivity index (χ0) is 17.8. The number of hydrogen-bond donors (Lipinski definition) is 1. The van der Waals surface area contributed by atoms with Crippen LogP contribution in [0.1, 0.15) is 50.8 Å². The predicted molar refractivity (Wildman–Crippen MR) is 95.3 cm³/mol. The van der Waals surface area contributed by atoms with Crippen molar-refractivity contribution in [3.63, 3.8) is 0 Å². The molecule has 1 aliphatic carbocycles. The lowest BCUT2D eigenvalue weighted by Crippen LogP contribution is -2.40. The predicted octanol–water partition coefficient (Wildman–Crippen LogP) is 3.12. The molecule has 1 N–H and O–H groups in total. The van der Waals surface area contributed by atoms with Crippen molar-refractivity contribution in [2.24, 2.45) is 13.0 Å². The van der Waals surface area contributed by atoms with Gasteiger partial charge in [-0.2, -0.15) is 5.10 Å². The molecular formula is C20H25N3O2. The van der Waals surface area contributed by atoms with Gasteiger partial charge < -0.3 is 10.1 Å². The molecule has 1 spiro atoms. The number of carbonyl (C=O) groups excluding carboxylic acids is 1. The van der Waals surface area contributed by atoms with E-state index in [0.717, 1.165) is 24.2 Å². The Labute approximate surface area is 148 Å². The molecule has 2 aromatic rings. The molecule has 3 atom stereocenters. The number of nitrogens with zero attached hydrogens (tertiary/aromatic N) is 2. The fraction of sp³-hybridized carbons (Fsp3) is 0.500. The maximum atomic E-state index is 12.9. The first-order valence-corrected chi connectivity index (χ1v) is 8.88. The van der Waals surface area contributed by atoms with E-state index in [1.165, 1.54) is 5.56 Å². The summed E-state index contributed by atoms with van der Waals surface area (Å²) in [6.45, 7) is 6.22. The van der Waals surface area contributed by atoms with Crippen LogP contribution in [0.15, 0.2) is 36.7 Å². The summed E-state index contributed by atoms with van der Waals surface area (Å²) in [4.78, 5) is 12.9. The number of hydrogen-bond acceptors (Lipinski definition) is 3. The average molecular weight is 339 g/mol. The van der Waals surface area contributed by atoms with Crippen molar-refractivity contribution in [1.29, 1.82) is 0 Å². The highest BCUT2D eigenvalue weighted by Crippen LogP contribution is 2.63. The Morgan fingerprint density at radius 3 is 2.88 bits per heavy atom. The third-order valence-corrected chi connectivity index (χ3v) is 5.53. The van der Waals surface area contributed by atoms with E-state index < -0.39 is 0 Å². The lowest BCUT2D eigenvalue weighted by atomic mass is 9.80. The van der Waals surface area contributed by atoms with E-state index in [-0.39, 0.29) is 28.9 Å². The summed E-state index contributed by atoms with van der Waals surface area (Å²) < 4.78 is 7.89. The minimum atomic E-state index is -0.252. The first-order chi connectivity index (χ1) is 11.8. The number of ether oxygens (including phenoxy) is 1. The molecule has 0 radical (unpaired) electrons. The van der Waals surface area contributed by atoms with Gasteiger partial charge in [-0.05, 0) is 39.7 Å². The van der Waals surface area contributed by atoms with Gasteiger partial charge in [-0.1, -0.05) is 18.2 Å². The first-order valence-electron chi connectivity index (χ1n) is 8.88. The highest BCUT2D eigenvalue weighted by molar-refractivity contribution is 5.85. The van der Waals surface area contributed by atoms with E-state index in [4.69, 9.17) is 4.74 Å². The standard InChI is InChI=1S/C20H25N3O2/c1-13(14-10-21-23(4)11-14)22-18(24)16-9-20(16)12-19(2,3)25-17-8-6-5-7-15(17)20/h5-8,10-11,13,16H,9,12H2,1-4H3,(H,22,24)/t13-,16+,20-/m0/s1. The molecule has 1 fully saturated rings. The van der Waals surface area contributed by atoms with Crippen molar-refractivity contribution in [2.75, 3.05) is 0 Å². The van der Waals surface area contributed by atoms with Gasteiger partial charge in [0.15, 0.2) is 0 Å². The summed E-state index contributed by atoms with van der Waals surface area (Å²) in [5, 5.41) is 7.35. The summed E-state index contributed by atoms with van der Waals surface area (Å²) in [6.07, 6.45) is 5.51. The van der Waals surface area contributed by atoms with Crippen molar-refractivity contribution >= 4 is 5.91 Å². The highest BCUT2D eigenvalue weighted by Gasteiger charge is 2.63. The quantitative estimate of drug-likeness (QED) is 0.935. The van der Waals surface area contributed by atoms with Crippen LogP contribution in [0.3, 0.4) is 0 Å². The van der Waals surface area contributed by atoms with Crippen LogP contribution >= 0.6 is 0 Å². The number of nitrogens with one attached hydrogen (secondary N) is 1. The maximum Gasteiger partial charge on any atom is 0.224 e. The smallest absolute Gasteiger partial charge is 0.224 e. The second kappa shape index (κ2) is 5.35. The van der Waals surface area contributed by atoms with Crippen molar-refractivity contribution < 1.29 is 9.53 Å². The molecule has 0 unspecified atom stereocenters. The minimum Gasteiger partial charge on any atom is -0.488 e. The molecule has 0 bridgehead atoms. The lowest BCUT2D eigenvalue weighted by molar-refractivity contribution is -0.123. The molecular weight excluding hydrogens is 314 g/mol. The molecule has 2 heterocycles. The minimum absolute atomic E-state index is 0.0101. The van der Waals surface area contributed by atoms with Crippen LogP contribution in [0.25, 0.3) is 0 Å². The summed E-state index contributed by atoms with van der Waals surface area (Å²) in [7, 11) is 1.88. The normalized spacial score (nSPS) is 27.3. The van der Waals surface area contributed by atoms with Crippen molar-refractivity contribution in [3.8, 4) is 5.75 Å². The van der Waals surface area contributed by atoms with Gasteiger partial charge in [0.25, 0.3) is 0 Å². The Bertz CT molecular complexity index is 826. The van der Waals surface area contributed by atoms with Gasteiger partial charge in [-0.3, -0.25) is 9.48 Å². The largest absolute Gasteiger partial charge is 0.488 e. The van der Waals surface area contributed by atoms with E-state index >= 15 is 0 Å². The molecule has 132 valence electrons. The van der Waals surface area contributed by atoms with Crippen LogP contribution < -0.4 is 10.1 Å². The molecule has 0 saturated heterocycles. The number of aromatic nitrogens is 2. The molecule has 4 rings (SSSR count). The van der Waals surface area contributed by atoms with Crippen molar-refractivity contribution in [2.45, 2.75) is 50.7 Å². The average Bonchev–Trinajstić information content (AvgIpc) is 3.06. The van der Waals surface area contributed by atoms with Crippen molar-refractivity contribution in [3.05, 3.63) is 47.8 Å². The molecule has 1 amide bonds. The van der Waals surface area contributed by atoms with Gasteiger partial charge in [0.2, 0.25) is 5.91 Å². The second-order valence-corrected chi connectivity index (χ2v) is 8.13. The van der Waals surface area contributed by atoms with Gasteiger partial charge in [0.1, 0.15) is 11.4 Å². The van der Waals surface area contributed by atoms with Crippen LogP contribution in [0.5, 0.6) is 5.75 Å². The van der Waals surface area contributed by atoms with Crippen LogP contribution in [0.4, 0.5) is 0 Å². The van der Waals surface area contributed by atoms with Crippen molar-refractivity contribution in [1.82, 2.24) is 15.1 Å². The highest BCUT2D eigenvalue weighted by atomic mass is 16.5. The third kappa shape index (κ3) is 2.71. The SMILES string of the molecule is C[C@H](NC(=O)[C@H]1C[C@@]12CC(C)(C)Oc1ccccc12)c1cnn(C)c1.